The second kappa shape index (κ2) is 7.03. The molecular weight excluding hydrogens is 320 g/mol. The predicted octanol–water partition coefficient (Wildman–Crippen LogP) is 4.58. The molecule has 1 aliphatic heterocycles. The van der Waals surface area contributed by atoms with Gasteiger partial charge in [-0.05, 0) is 64.4 Å². The zero-order valence-electron chi connectivity index (χ0n) is 14.5. The van der Waals surface area contributed by atoms with Crippen LogP contribution in [-0.4, -0.2) is 17.5 Å². The van der Waals surface area contributed by atoms with Crippen LogP contribution in [0.15, 0.2) is 29.6 Å². The van der Waals surface area contributed by atoms with Gasteiger partial charge in [0.2, 0.25) is 0 Å². The normalized spacial score (nSPS) is 18.4. The molecule has 3 rings (SSSR count). The molecule has 24 heavy (non-hydrogen) atoms. The van der Waals surface area contributed by atoms with Crippen LogP contribution in [0, 0.1) is 5.41 Å². The molecule has 0 amide bonds. The van der Waals surface area contributed by atoms with Crippen LogP contribution in [0.25, 0.3) is 11.3 Å². The summed E-state index contributed by atoms with van der Waals surface area (Å²) in [6.45, 7) is 6.62. The number of esters is 1. The quantitative estimate of drug-likeness (QED) is 0.654. The molecule has 1 aromatic carbocycles. The van der Waals surface area contributed by atoms with Gasteiger partial charge in [0.15, 0.2) is 0 Å². The maximum Gasteiger partial charge on any atom is 0.316 e. The average Bonchev–Trinajstić information content (AvgIpc) is 3.05. The van der Waals surface area contributed by atoms with Gasteiger partial charge in [0.05, 0.1) is 17.2 Å². The number of aromatic nitrogens is 1. The Morgan fingerprint density at radius 3 is 2.62 bits per heavy atom. The molecule has 128 valence electrons. The lowest BCUT2D eigenvalue weighted by molar-refractivity contribution is -0.142. The van der Waals surface area contributed by atoms with E-state index in [1.54, 1.807) is 11.3 Å². The van der Waals surface area contributed by atoms with Gasteiger partial charge in [-0.1, -0.05) is 6.42 Å². The van der Waals surface area contributed by atoms with Crippen molar-refractivity contribution in [2.75, 3.05) is 6.54 Å². The molecule has 4 nitrogen and oxygen atoms in total. The summed E-state index contributed by atoms with van der Waals surface area (Å²) < 4.78 is 5.40. The standard InChI is InChI=1S/C19H24N2O2S/c1-19(2,3)18(22)23-14-9-7-13(8-10-14)16-12-24-17(21-16)15-6-4-5-11-20-15/h7-10,12,15,20H,4-6,11H2,1-3H3/t15-/m1/s1. The van der Waals surface area contributed by atoms with E-state index in [1.807, 2.05) is 45.0 Å². The topological polar surface area (TPSA) is 51.2 Å². The molecule has 0 spiro atoms. The highest BCUT2D eigenvalue weighted by Gasteiger charge is 2.23. The second-order valence-electron chi connectivity index (χ2n) is 7.24. The number of carbonyl (C=O) groups excluding carboxylic acids is 1. The van der Waals surface area contributed by atoms with E-state index in [0.29, 0.717) is 11.8 Å². The molecule has 1 aliphatic rings. The minimum absolute atomic E-state index is 0.227. The van der Waals surface area contributed by atoms with Gasteiger partial charge in [-0.3, -0.25) is 4.79 Å². The number of benzene rings is 1. The fourth-order valence-corrected chi connectivity index (χ4v) is 3.53. The first kappa shape index (κ1) is 17.1. The summed E-state index contributed by atoms with van der Waals surface area (Å²) in [4.78, 5) is 16.7. The van der Waals surface area contributed by atoms with Crippen molar-refractivity contribution in [2.24, 2.45) is 5.41 Å². The highest BCUT2D eigenvalue weighted by atomic mass is 32.1. The van der Waals surface area contributed by atoms with Gasteiger partial charge >= 0.3 is 5.97 Å². The third-order valence-corrected chi connectivity index (χ3v) is 5.06. The Bertz CT molecular complexity index is 695. The Morgan fingerprint density at radius 1 is 1.25 bits per heavy atom. The lowest BCUT2D eigenvalue weighted by atomic mass is 9.97. The van der Waals surface area contributed by atoms with E-state index in [0.717, 1.165) is 29.2 Å². The van der Waals surface area contributed by atoms with Gasteiger partial charge in [0, 0.05) is 10.9 Å². The number of thiazole rings is 1. The highest BCUT2D eigenvalue weighted by molar-refractivity contribution is 7.10. The zero-order valence-corrected chi connectivity index (χ0v) is 15.3. The van der Waals surface area contributed by atoms with E-state index >= 15 is 0 Å². The molecule has 0 radical (unpaired) electrons. The Kier molecular flexibility index (Phi) is 5.01. The number of carbonyl (C=O) groups is 1. The molecule has 1 saturated heterocycles. The maximum absolute atomic E-state index is 11.9. The van der Waals surface area contributed by atoms with Crippen molar-refractivity contribution in [3.05, 3.63) is 34.7 Å². The molecule has 1 atom stereocenters. The van der Waals surface area contributed by atoms with E-state index in [-0.39, 0.29) is 5.97 Å². The van der Waals surface area contributed by atoms with E-state index in [1.165, 1.54) is 12.8 Å². The van der Waals surface area contributed by atoms with Gasteiger partial charge in [0.25, 0.3) is 0 Å². The van der Waals surface area contributed by atoms with Crippen LogP contribution in [0.3, 0.4) is 0 Å². The smallest absolute Gasteiger partial charge is 0.316 e. The van der Waals surface area contributed by atoms with Gasteiger partial charge in [-0.2, -0.15) is 0 Å². The van der Waals surface area contributed by atoms with Crippen LogP contribution in [0.1, 0.15) is 51.1 Å². The van der Waals surface area contributed by atoms with E-state index in [2.05, 4.69) is 10.7 Å². The molecule has 0 aliphatic carbocycles. The van der Waals surface area contributed by atoms with Crippen LogP contribution < -0.4 is 10.1 Å². The van der Waals surface area contributed by atoms with Crippen LogP contribution >= 0.6 is 11.3 Å². The molecule has 1 N–H and O–H groups in total. The lowest BCUT2D eigenvalue weighted by Gasteiger charge is -2.21. The number of piperidine rings is 1. The first-order chi connectivity index (χ1) is 11.4. The molecule has 5 heteroatoms. The SMILES string of the molecule is CC(C)(C)C(=O)Oc1ccc(-c2csc([C@H]3CCCCN3)n2)cc1. The van der Waals surface area contributed by atoms with Crippen molar-refractivity contribution in [1.82, 2.24) is 10.3 Å². The van der Waals surface area contributed by atoms with E-state index < -0.39 is 5.41 Å². The van der Waals surface area contributed by atoms with Crippen molar-refractivity contribution < 1.29 is 9.53 Å². The first-order valence-electron chi connectivity index (χ1n) is 8.45. The van der Waals surface area contributed by atoms with Crippen molar-refractivity contribution in [1.29, 1.82) is 0 Å². The third-order valence-electron chi connectivity index (χ3n) is 4.10. The molecule has 1 fully saturated rings. The first-order valence-corrected chi connectivity index (χ1v) is 9.33. The molecule has 2 heterocycles. The lowest BCUT2D eigenvalue weighted by Crippen LogP contribution is -2.26. The molecule has 0 bridgehead atoms. The number of nitrogens with one attached hydrogen (secondary N) is 1. The van der Waals surface area contributed by atoms with Gasteiger partial charge < -0.3 is 10.1 Å². The number of nitrogens with zero attached hydrogens (tertiary/aromatic N) is 1. The zero-order chi connectivity index (χ0) is 17.2. The summed E-state index contributed by atoms with van der Waals surface area (Å²) in [5.41, 5.74) is 1.52. The monoisotopic (exact) mass is 344 g/mol. The maximum atomic E-state index is 11.9. The Hall–Kier alpha value is -1.72. The highest BCUT2D eigenvalue weighted by Crippen LogP contribution is 2.30. The summed E-state index contributed by atoms with van der Waals surface area (Å²) in [6, 6.07) is 7.97. The van der Waals surface area contributed by atoms with E-state index in [9.17, 15) is 4.79 Å². The fraction of sp³-hybridized carbons (Fsp3) is 0.474. The van der Waals surface area contributed by atoms with Gasteiger partial charge in [-0.25, -0.2) is 4.98 Å². The minimum Gasteiger partial charge on any atom is -0.426 e. The molecule has 0 saturated carbocycles. The number of hydrogen-bond acceptors (Lipinski definition) is 5. The van der Waals surface area contributed by atoms with Gasteiger partial charge in [-0.15, -0.1) is 11.3 Å². The Morgan fingerprint density at radius 2 is 2.00 bits per heavy atom. The van der Waals surface area contributed by atoms with Crippen LogP contribution in [0.4, 0.5) is 0 Å². The Labute approximate surface area is 147 Å². The number of ether oxygens (including phenoxy) is 1. The van der Waals surface area contributed by atoms with Crippen LogP contribution in [-0.2, 0) is 4.79 Å². The van der Waals surface area contributed by atoms with Crippen molar-refractivity contribution in [2.45, 2.75) is 46.1 Å². The molecule has 0 unspecified atom stereocenters. The molecule has 2 aromatic rings. The van der Waals surface area contributed by atoms with Crippen LogP contribution in [0.5, 0.6) is 5.75 Å². The summed E-state index contributed by atoms with van der Waals surface area (Å²) in [5, 5.41) is 6.79. The van der Waals surface area contributed by atoms with Crippen molar-refractivity contribution in [3.8, 4) is 17.0 Å². The van der Waals surface area contributed by atoms with Crippen molar-refractivity contribution >= 4 is 17.3 Å². The van der Waals surface area contributed by atoms with Crippen LogP contribution in [0.2, 0.25) is 0 Å². The number of hydrogen-bond donors (Lipinski definition) is 1. The van der Waals surface area contributed by atoms with E-state index in [4.69, 9.17) is 9.72 Å². The molecular formula is C19H24N2O2S. The Balaban J connectivity index is 1.69. The summed E-state index contributed by atoms with van der Waals surface area (Å²) in [6.07, 6.45) is 3.68. The summed E-state index contributed by atoms with van der Waals surface area (Å²) >= 11 is 1.71. The van der Waals surface area contributed by atoms with Crippen molar-refractivity contribution in [3.63, 3.8) is 0 Å². The average molecular weight is 344 g/mol. The minimum atomic E-state index is -0.504. The molecule has 1 aromatic heterocycles. The predicted molar refractivity (Wildman–Crippen MR) is 97.2 cm³/mol. The van der Waals surface area contributed by atoms with Gasteiger partial charge in [0.1, 0.15) is 10.8 Å². The fourth-order valence-electron chi connectivity index (χ4n) is 2.60. The largest absolute Gasteiger partial charge is 0.426 e. The summed E-state index contributed by atoms with van der Waals surface area (Å²) in [5.74, 6) is 0.345. The number of rotatable bonds is 3. The second-order valence-corrected chi connectivity index (χ2v) is 8.13. The third kappa shape index (κ3) is 4.02. The summed E-state index contributed by atoms with van der Waals surface area (Å²) in [7, 11) is 0.